The van der Waals surface area contributed by atoms with Gasteiger partial charge in [0.25, 0.3) is 0 Å². The Bertz CT molecular complexity index is 824. The Morgan fingerprint density at radius 3 is 2.49 bits per heavy atom. The lowest BCUT2D eigenvalue weighted by molar-refractivity contribution is -0.0618. The van der Waals surface area contributed by atoms with Crippen LogP contribution in [0.1, 0.15) is 105 Å². The molecular formula is C33H56OSi. The Morgan fingerprint density at radius 1 is 1.00 bits per heavy atom. The molecule has 35 heavy (non-hydrogen) atoms. The molecule has 4 aliphatic carbocycles. The first-order valence-corrected chi connectivity index (χ1v) is 18.7. The van der Waals surface area contributed by atoms with Crippen molar-refractivity contribution in [3.63, 3.8) is 0 Å². The summed E-state index contributed by atoms with van der Waals surface area (Å²) >= 11 is 0. The highest BCUT2D eigenvalue weighted by molar-refractivity contribution is 6.83. The van der Waals surface area contributed by atoms with E-state index in [0.29, 0.717) is 23.5 Å². The summed E-state index contributed by atoms with van der Waals surface area (Å²) in [7, 11) is -1.30. The SMILES string of the molecule is CC(C)CCC[C@@H](C)[C@H]1CC[C@H]2[C@@H]3CC=C4C[C@@H](OCC#C[Si](C)(C)C)CC[C@]4(C)[C@H]3CC[C@]12C. The zero-order valence-corrected chi connectivity index (χ0v) is 25.5. The van der Waals surface area contributed by atoms with Crippen molar-refractivity contribution < 1.29 is 4.74 Å². The molecule has 0 N–H and O–H groups in total. The maximum atomic E-state index is 6.29. The van der Waals surface area contributed by atoms with Crippen LogP contribution in [0.15, 0.2) is 11.6 Å². The molecule has 0 radical (unpaired) electrons. The summed E-state index contributed by atoms with van der Waals surface area (Å²) in [6.07, 6.45) is 18.4. The van der Waals surface area contributed by atoms with Gasteiger partial charge in [-0.3, -0.25) is 0 Å². The molecule has 0 unspecified atom stereocenters. The van der Waals surface area contributed by atoms with E-state index < -0.39 is 8.07 Å². The van der Waals surface area contributed by atoms with E-state index >= 15 is 0 Å². The molecule has 4 aliphatic rings. The van der Waals surface area contributed by atoms with Crippen molar-refractivity contribution in [2.75, 3.05) is 6.61 Å². The fraction of sp³-hybridized carbons (Fsp3) is 0.879. The number of rotatable bonds is 7. The van der Waals surface area contributed by atoms with E-state index in [1.165, 1.54) is 64.2 Å². The fourth-order valence-electron chi connectivity index (χ4n) is 9.26. The van der Waals surface area contributed by atoms with E-state index in [-0.39, 0.29) is 0 Å². The van der Waals surface area contributed by atoms with E-state index in [0.717, 1.165) is 41.9 Å². The molecule has 2 heteroatoms. The summed E-state index contributed by atoms with van der Waals surface area (Å²) in [5, 5.41) is 0. The van der Waals surface area contributed by atoms with Gasteiger partial charge in [0.2, 0.25) is 0 Å². The summed E-state index contributed by atoms with van der Waals surface area (Å²) in [6, 6.07) is 0. The Hall–Kier alpha value is -0.523. The van der Waals surface area contributed by atoms with Gasteiger partial charge in [0.1, 0.15) is 14.7 Å². The zero-order chi connectivity index (χ0) is 25.4. The van der Waals surface area contributed by atoms with E-state index in [9.17, 15) is 0 Å². The number of fused-ring (bicyclic) bond motifs is 5. The minimum atomic E-state index is -1.30. The maximum Gasteiger partial charge on any atom is 0.129 e. The van der Waals surface area contributed by atoms with Crippen molar-refractivity contribution in [1.29, 1.82) is 0 Å². The predicted octanol–water partition coefficient (Wildman–Crippen LogP) is 9.29. The van der Waals surface area contributed by atoms with Crippen LogP contribution in [0.2, 0.25) is 19.6 Å². The Balaban J connectivity index is 1.40. The minimum Gasteiger partial charge on any atom is -0.365 e. The van der Waals surface area contributed by atoms with Gasteiger partial charge in [-0.05, 0) is 97.7 Å². The third kappa shape index (κ3) is 5.82. The summed E-state index contributed by atoms with van der Waals surface area (Å²) in [5.41, 5.74) is 6.23. The summed E-state index contributed by atoms with van der Waals surface area (Å²) < 4.78 is 6.29. The molecular weight excluding hydrogens is 440 g/mol. The molecule has 0 amide bonds. The molecule has 0 aromatic rings. The first-order valence-electron chi connectivity index (χ1n) is 15.2. The second-order valence-corrected chi connectivity index (χ2v) is 19.8. The fourth-order valence-corrected chi connectivity index (χ4v) is 9.86. The Labute approximate surface area is 219 Å². The average molecular weight is 497 g/mol. The normalized spacial score (nSPS) is 39.7. The number of allylic oxidation sites excluding steroid dienone is 1. The van der Waals surface area contributed by atoms with Gasteiger partial charge < -0.3 is 4.74 Å². The Morgan fingerprint density at radius 2 is 1.77 bits per heavy atom. The topological polar surface area (TPSA) is 9.23 Å². The third-order valence-electron chi connectivity index (χ3n) is 11.1. The molecule has 0 aliphatic heterocycles. The van der Waals surface area contributed by atoms with Crippen molar-refractivity contribution in [1.82, 2.24) is 0 Å². The lowest BCUT2D eigenvalue weighted by atomic mass is 9.47. The van der Waals surface area contributed by atoms with Gasteiger partial charge in [0.05, 0.1) is 6.10 Å². The molecule has 0 heterocycles. The van der Waals surface area contributed by atoms with E-state index in [1.54, 1.807) is 5.57 Å². The van der Waals surface area contributed by atoms with E-state index in [1.807, 2.05) is 0 Å². The van der Waals surface area contributed by atoms with Gasteiger partial charge in [-0.1, -0.05) is 91.1 Å². The van der Waals surface area contributed by atoms with Crippen molar-refractivity contribution in [2.45, 2.75) is 131 Å². The van der Waals surface area contributed by atoms with Crippen LogP contribution in [0.3, 0.4) is 0 Å². The van der Waals surface area contributed by atoms with Gasteiger partial charge in [0, 0.05) is 0 Å². The smallest absolute Gasteiger partial charge is 0.129 e. The summed E-state index contributed by atoms with van der Waals surface area (Å²) in [6.45, 7) is 20.3. The van der Waals surface area contributed by atoms with Crippen LogP contribution in [0.25, 0.3) is 0 Å². The van der Waals surface area contributed by atoms with Gasteiger partial charge in [0.15, 0.2) is 0 Å². The van der Waals surface area contributed by atoms with Crippen molar-refractivity contribution in [3.8, 4) is 11.5 Å². The van der Waals surface area contributed by atoms with Crippen molar-refractivity contribution >= 4 is 8.07 Å². The molecule has 3 saturated carbocycles. The average Bonchev–Trinajstić information content (AvgIpc) is 3.13. The number of ether oxygens (including phenoxy) is 1. The highest BCUT2D eigenvalue weighted by atomic mass is 28.3. The number of hydrogen-bond donors (Lipinski definition) is 0. The molecule has 0 aromatic carbocycles. The third-order valence-corrected chi connectivity index (χ3v) is 12.0. The maximum absolute atomic E-state index is 6.29. The summed E-state index contributed by atoms with van der Waals surface area (Å²) in [4.78, 5) is 0. The van der Waals surface area contributed by atoms with Crippen LogP contribution in [0.4, 0.5) is 0 Å². The standard InChI is InChI=1S/C33H56OSi/c1-24(2)11-9-12-25(3)29-15-16-30-28-14-13-26-23-27(34-21-10-22-35(6,7)8)17-19-32(26,4)31(28)18-20-33(29,30)5/h13,24-25,27-31H,9,11-12,14-21,23H2,1-8H3/t25-,27+,28+,29-,30+,31+,32+,33-/m1/s1. The molecule has 0 spiro atoms. The van der Waals surface area contributed by atoms with Gasteiger partial charge in [-0.2, -0.15) is 0 Å². The number of hydrogen-bond acceptors (Lipinski definition) is 1. The van der Waals surface area contributed by atoms with Crippen LogP contribution >= 0.6 is 0 Å². The van der Waals surface area contributed by atoms with E-state index in [2.05, 4.69) is 71.8 Å². The highest BCUT2D eigenvalue weighted by Gasteiger charge is 2.59. The predicted molar refractivity (Wildman–Crippen MR) is 154 cm³/mol. The van der Waals surface area contributed by atoms with Crippen LogP contribution in [-0.2, 0) is 4.74 Å². The quantitative estimate of drug-likeness (QED) is 0.194. The van der Waals surface area contributed by atoms with E-state index in [4.69, 9.17) is 4.74 Å². The first-order chi connectivity index (χ1) is 16.4. The second kappa shape index (κ2) is 10.7. The molecule has 1 nitrogen and oxygen atoms in total. The van der Waals surface area contributed by atoms with Crippen LogP contribution in [-0.4, -0.2) is 20.8 Å². The van der Waals surface area contributed by atoms with Gasteiger partial charge in [-0.25, -0.2) is 0 Å². The molecule has 8 atom stereocenters. The monoisotopic (exact) mass is 496 g/mol. The molecule has 4 rings (SSSR count). The van der Waals surface area contributed by atoms with Crippen LogP contribution in [0.5, 0.6) is 0 Å². The molecule has 0 saturated heterocycles. The highest BCUT2D eigenvalue weighted by Crippen LogP contribution is 2.67. The molecule has 0 aromatic heterocycles. The molecule has 198 valence electrons. The first kappa shape index (κ1) is 27.5. The van der Waals surface area contributed by atoms with Crippen LogP contribution < -0.4 is 0 Å². The van der Waals surface area contributed by atoms with Gasteiger partial charge in [-0.15, -0.1) is 5.54 Å². The van der Waals surface area contributed by atoms with Crippen LogP contribution in [0, 0.1) is 57.8 Å². The molecule has 3 fully saturated rings. The van der Waals surface area contributed by atoms with Crippen molar-refractivity contribution in [2.24, 2.45) is 46.3 Å². The lowest BCUT2D eigenvalue weighted by Crippen LogP contribution is -2.51. The second-order valence-electron chi connectivity index (χ2n) is 15.0. The van der Waals surface area contributed by atoms with Gasteiger partial charge >= 0.3 is 0 Å². The zero-order valence-electron chi connectivity index (χ0n) is 24.5. The van der Waals surface area contributed by atoms with Crippen molar-refractivity contribution in [3.05, 3.63) is 11.6 Å². The largest absolute Gasteiger partial charge is 0.365 e. The Kier molecular flexibility index (Phi) is 8.40. The summed E-state index contributed by atoms with van der Waals surface area (Å²) in [5.74, 6) is 8.84. The lowest BCUT2D eigenvalue weighted by Gasteiger charge is -2.58. The minimum absolute atomic E-state index is 0.387. The molecule has 0 bridgehead atoms.